The number of halogens is 2. The minimum absolute atomic E-state index is 0.0694. The molecule has 28 heavy (non-hydrogen) atoms. The van der Waals surface area contributed by atoms with Gasteiger partial charge in [0.1, 0.15) is 0 Å². The van der Waals surface area contributed by atoms with Crippen molar-refractivity contribution in [3.8, 4) is 5.75 Å². The van der Waals surface area contributed by atoms with Gasteiger partial charge in [-0.3, -0.25) is 9.78 Å². The van der Waals surface area contributed by atoms with E-state index in [0.717, 1.165) is 17.3 Å². The van der Waals surface area contributed by atoms with Crippen LogP contribution < -0.4 is 10.2 Å². The second kappa shape index (κ2) is 10.5. The zero-order valence-electron chi connectivity index (χ0n) is 16.5. The Morgan fingerprint density at radius 1 is 1.14 bits per heavy atom. The van der Waals surface area contributed by atoms with Gasteiger partial charge in [0.15, 0.2) is 17.0 Å². The summed E-state index contributed by atoms with van der Waals surface area (Å²) in [7, 11) is 1.29. The Bertz CT molecular complexity index is 951. The molecule has 0 aliphatic heterocycles. The highest BCUT2D eigenvalue weighted by Crippen LogP contribution is 2.32. The molecule has 6 heteroatoms. The van der Waals surface area contributed by atoms with Gasteiger partial charge < -0.3 is 9.72 Å². The van der Waals surface area contributed by atoms with Crippen LogP contribution in [0.4, 0.5) is 8.78 Å². The first kappa shape index (κ1) is 21.5. The van der Waals surface area contributed by atoms with Gasteiger partial charge in [-0.25, -0.2) is 4.39 Å². The molecule has 2 heterocycles. The van der Waals surface area contributed by atoms with Crippen LogP contribution >= 0.6 is 0 Å². The number of benzene rings is 1. The number of fused-ring (bicyclic) bond motifs is 1. The standard InChI is InChI=1S/C13H14N2O.C7H6F2O.C2H6/c16-13-7-12(9-3-1-2-4-9)15-11-5-6-14-8-10(11)13;1-10-6-4-2-3-5(8)7(6)9;1-2/h5-9H,1-4H2,(H,15,16);2-4H,1H3;1-2H3. The van der Waals surface area contributed by atoms with E-state index in [2.05, 4.69) is 14.7 Å². The van der Waals surface area contributed by atoms with Crippen LogP contribution in [0.15, 0.2) is 47.5 Å². The summed E-state index contributed by atoms with van der Waals surface area (Å²) in [5, 5.41) is 0.684. The highest BCUT2D eigenvalue weighted by molar-refractivity contribution is 5.77. The Labute approximate surface area is 163 Å². The third-order valence-corrected chi connectivity index (χ3v) is 4.58. The number of ether oxygens (including phenoxy) is 1. The molecular weight excluding hydrogens is 362 g/mol. The normalized spacial score (nSPS) is 13.3. The SMILES string of the molecule is CC.COc1cccc(F)c1F.O=c1cc(C2CCCC2)[nH]c2ccncc12. The zero-order valence-corrected chi connectivity index (χ0v) is 16.5. The number of hydrogen-bond acceptors (Lipinski definition) is 3. The van der Waals surface area contributed by atoms with E-state index in [9.17, 15) is 13.6 Å². The van der Waals surface area contributed by atoms with Gasteiger partial charge in [-0.2, -0.15) is 4.39 Å². The molecule has 1 aromatic carbocycles. The van der Waals surface area contributed by atoms with E-state index in [0.29, 0.717) is 11.3 Å². The third kappa shape index (κ3) is 5.15. The molecule has 1 saturated carbocycles. The van der Waals surface area contributed by atoms with Gasteiger partial charge >= 0.3 is 0 Å². The summed E-state index contributed by atoms with van der Waals surface area (Å²) in [5.74, 6) is -1.35. The van der Waals surface area contributed by atoms with E-state index in [4.69, 9.17) is 0 Å². The summed E-state index contributed by atoms with van der Waals surface area (Å²) < 4.78 is 29.3. The topological polar surface area (TPSA) is 55.0 Å². The maximum Gasteiger partial charge on any atom is 0.200 e. The van der Waals surface area contributed by atoms with Gasteiger partial charge in [-0.1, -0.05) is 32.8 Å². The number of methoxy groups -OCH3 is 1. The average Bonchev–Trinajstić information content (AvgIpc) is 3.27. The first-order valence-corrected chi connectivity index (χ1v) is 9.55. The predicted molar refractivity (Wildman–Crippen MR) is 108 cm³/mol. The lowest BCUT2D eigenvalue weighted by Gasteiger charge is -2.10. The molecule has 1 fully saturated rings. The van der Waals surface area contributed by atoms with Crippen LogP contribution in [0, 0.1) is 11.6 Å². The average molecular weight is 388 g/mol. The van der Waals surface area contributed by atoms with Gasteiger partial charge in [0.05, 0.1) is 18.0 Å². The smallest absolute Gasteiger partial charge is 0.200 e. The van der Waals surface area contributed by atoms with E-state index in [-0.39, 0.29) is 11.2 Å². The molecule has 1 N–H and O–H groups in total. The monoisotopic (exact) mass is 388 g/mol. The maximum absolute atomic E-state index is 12.5. The van der Waals surface area contributed by atoms with Crippen LogP contribution in [-0.2, 0) is 0 Å². The van der Waals surface area contributed by atoms with Crippen LogP contribution in [0.3, 0.4) is 0 Å². The molecule has 2 aromatic heterocycles. The predicted octanol–water partition coefficient (Wildman–Crippen LogP) is 5.58. The Kier molecular flexibility index (Phi) is 8.11. The van der Waals surface area contributed by atoms with Crippen LogP contribution in [0.5, 0.6) is 5.75 Å². The summed E-state index contributed by atoms with van der Waals surface area (Å²) in [4.78, 5) is 19.2. The van der Waals surface area contributed by atoms with Gasteiger partial charge in [0.25, 0.3) is 0 Å². The third-order valence-electron chi connectivity index (χ3n) is 4.58. The molecule has 4 rings (SSSR count). The lowest BCUT2D eigenvalue weighted by molar-refractivity contribution is 0.372. The highest BCUT2D eigenvalue weighted by atomic mass is 19.2. The van der Waals surface area contributed by atoms with Gasteiger partial charge in [-0.15, -0.1) is 0 Å². The van der Waals surface area contributed by atoms with Crippen molar-refractivity contribution in [1.29, 1.82) is 0 Å². The fraction of sp³-hybridized carbons (Fsp3) is 0.364. The first-order valence-electron chi connectivity index (χ1n) is 9.55. The van der Waals surface area contributed by atoms with E-state index < -0.39 is 11.6 Å². The number of pyridine rings is 2. The fourth-order valence-corrected chi connectivity index (χ4v) is 3.21. The van der Waals surface area contributed by atoms with E-state index in [1.807, 2.05) is 19.9 Å². The Morgan fingerprint density at radius 2 is 1.86 bits per heavy atom. The van der Waals surface area contributed by atoms with Gasteiger partial charge in [-0.05, 0) is 37.0 Å². The summed E-state index contributed by atoms with van der Waals surface area (Å²) in [6.45, 7) is 4.00. The molecule has 0 spiro atoms. The number of aromatic amines is 1. The van der Waals surface area contributed by atoms with Crippen LogP contribution in [0.1, 0.15) is 51.1 Å². The van der Waals surface area contributed by atoms with Crippen molar-refractivity contribution in [2.45, 2.75) is 45.4 Å². The number of nitrogens with one attached hydrogen (secondary N) is 1. The van der Waals surface area contributed by atoms with Crippen molar-refractivity contribution in [2.24, 2.45) is 0 Å². The van der Waals surface area contributed by atoms with E-state index in [1.165, 1.54) is 44.9 Å². The summed E-state index contributed by atoms with van der Waals surface area (Å²) in [6.07, 6.45) is 8.31. The Hall–Kier alpha value is -2.76. The van der Waals surface area contributed by atoms with Gasteiger partial charge in [0, 0.05) is 24.2 Å². The van der Waals surface area contributed by atoms with Crippen LogP contribution in [0.25, 0.3) is 10.9 Å². The molecule has 150 valence electrons. The van der Waals surface area contributed by atoms with E-state index >= 15 is 0 Å². The molecule has 0 unspecified atom stereocenters. The number of aromatic nitrogens is 2. The lowest BCUT2D eigenvalue weighted by Crippen LogP contribution is -2.07. The molecule has 0 radical (unpaired) electrons. The number of nitrogens with zero attached hydrogens (tertiary/aromatic N) is 1. The molecule has 1 aliphatic carbocycles. The number of rotatable bonds is 2. The first-order chi connectivity index (χ1) is 13.6. The van der Waals surface area contributed by atoms with Crippen LogP contribution in [0.2, 0.25) is 0 Å². The highest BCUT2D eigenvalue weighted by Gasteiger charge is 2.18. The fourth-order valence-electron chi connectivity index (χ4n) is 3.21. The second-order valence-electron chi connectivity index (χ2n) is 6.25. The second-order valence-corrected chi connectivity index (χ2v) is 6.25. The minimum atomic E-state index is -0.940. The van der Waals surface area contributed by atoms with Crippen molar-refractivity contribution in [3.05, 3.63) is 70.3 Å². The summed E-state index contributed by atoms with van der Waals surface area (Å²) >= 11 is 0. The Morgan fingerprint density at radius 3 is 2.50 bits per heavy atom. The molecular formula is C22H26F2N2O2. The van der Waals surface area contributed by atoms with Crippen molar-refractivity contribution < 1.29 is 13.5 Å². The molecule has 0 saturated heterocycles. The number of hydrogen-bond donors (Lipinski definition) is 1. The van der Waals surface area contributed by atoms with Crippen molar-refractivity contribution >= 4 is 10.9 Å². The zero-order chi connectivity index (χ0) is 20.5. The largest absolute Gasteiger partial charge is 0.494 e. The maximum atomic E-state index is 12.5. The summed E-state index contributed by atoms with van der Waals surface area (Å²) in [6, 6.07) is 7.41. The lowest BCUT2D eigenvalue weighted by atomic mass is 10.0. The molecule has 1 aliphatic rings. The van der Waals surface area contributed by atoms with Gasteiger partial charge in [0.2, 0.25) is 5.82 Å². The molecule has 0 atom stereocenters. The molecule has 0 amide bonds. The number of H-pyrrole nitrogens is 1. The van der Waals surface area contributed by atoms with Crippen molar-refractivity contribution in [2.75, 3.05) is 7.11 Å². The van der Waals surface area contributed by atoms with Crippen molar-refractivity contribution in [3.63, 3.8) is 0 Å². The minimum Gasteiger partial charge on any atom is -0.494 e. The molecule has 0 bridgehead atoms. The van der Waals surface area contributed by atoms with Crippen molar-refractivity contribution in [1.82, 2.24) is 9.97 Å². The summed E-state index contributed by atoms with van der Waals surface area (Å²) in [5.41, 5.74) is 2.09. The Balaban J connectivity index is 0.000000202. The van der Waals surface area contributed by atoms with E-state index in [1.54, 1.807) is 18.5 Å². The quantitative estimate of drug-likeness (QED) is 0.623. The molecule has 4 nitrogen and oxygen atoms in total. The molecule has 3 aromatic rings. The van der Waals surface area contributed by atoms with Crippen LogP contribution in [-0.4, -0.2) is 17.1 Å².